The third-order valence-electron chi connectivity index (χ3n) is 3.70. The highest BCUT2D eigenvalue weighted by atomic mass is 16.1. The number of carbonyl (C=O) groups excluding carboxylic acids is 1. The number of nitrogens with zero attached hydrogens (tertiary/aromatic N) is 1. The Morgan fingerprint density at radius 3 is 2.50 bits per heavy atom. The topological polar surface area (TPSA) is 45.8 Å². The molecule has 22 heavy (non-hydrogen) atoms. The maximum atomic E-state index is 12.2. The van der Waals surface area contributed by atoms with Crippen LogP contribution < -0.4 is 0 Å². The minimum atomic E-state index is 0.163. The average Bonchev–Trinajstić information content (AvgIpc) is 3.03. The quantitative estimate of drug-likeness (QED) is 0.716. The molecule has 0 amide bonds. The first-order valence-electron chi connectivity index (χ1n) is 7.42. The smallest absolute Gasteiger partial charge is 0.163 e. The zero-order chi connectivity index (χ0) is 15.4. The Labute approximate surface area is 130 Å². The van der Waals surface area contributed by atoms with E-state index in [2.05, 4.69) is 10.2 Å². The van der Waals surface area contributed by atoms with Crippen molar-refractivity contribution in [2.75, 3.05) is 0 Å². The number of aromatic amines is 1. The highest BCUT2D eigenvalue weighted by molar-refractivity contribution is 5.96. The lowest BCUT2D eigenvalue weighted by Gasteiger charge is -2.00. The van der Waals surface area contributed by atoms with Gasteiger partial charge in [-0.25, -0.2) is 0 Å². The Bertz CT molecular complexity index is 758. The first kappa shape index (κ1) is 14.3. The molecule has 3 heteroatoms. The van der Waals surface area contributed by atoms with Gasteiger partial charge >= 0.3 is 0 Å². The molecule has 1 aromatic heterocycles. The molecule has 0 saturated carbocycles. The number of aryl methyl sites for hydroxylation is 2. The zero-order valence-electron chi connectivity index (χ0n) is 12.5. The highest BCUT2D eigenvalue weighted by Gasteiger charge is 2.08. The number of carbonyl (C=O) groups is 1. The summed E-state index contributed by atoms with van der Waals surface area (Å²) in [5, 5.41) is 7.33. The summed E-state index contributed by atoms with van der Waals surface area (Å²) >= 11 is 0. The standard InChI is InChI=1S/C19H18N2O/c1-14-7-9-16(10-8-14)19(22)12-11-17-13-18(21-20-17)15-5-3-2-4-6-15/h2-10,13H,11-12H2,1H3,(H,20,21). The number of ketones is 1. The summed E-state index contributed by atoms with van der Waals surface area (Å²) in [6, 6.07) is 19.7. The number of hydrogen-bond donors (Lipinski definition) is 1. The molecule has 0 unspecified atom stereocenters. The second-order valence-corrected chi connectivity index (χ2v) is 5.43. The summed E-state index contributed by atoms with van der Waals surface area (Å²) < 4.78 is 0. The van der Waals surface area contributed by atoms with Crippen molar-refractivity contribution in [2.45, 2.75) is 19.8 Å². The SMILES string of the molecule is Cc1ccc(C(=O)CCc2cc(-c3ccccc3)n[nH]2)cc1. The van der Waals surface area contributed by atoms with Crippen molar-refractivity contribution in [1.82, 2.24) is 10.2 Å². The van der Waals surface area contributed by atoms with Crippen LogP contribution in [-0.2, 0) is 6.42 Å². The summed E-state index contributed by atoms with van der Waals surface area (Å²) in [7, 11) is 0. The van der Waals surface area contributed by atoms with Gasteiger partial charge in [-0.15, -0.1) is 0 Å². The fraction of sp³-hybridized carbons (Fsp3) is 0.158. The van der Waals surface area contributed by atoms with Crippen molar-refractivity contribution in [3.63, 3.8) is 0 Å². The number of rotatable bonds is 5. The fourth-order valence-electron chi connectivity index (χ4n) is 2.38. The van der Waals surface area contributed by atoms with Gasteiger partial charge in [-0.2, -0.15) is 5.10 Å². The van der Waals surface area contributed by atoms with E-state index in [9.17, 15) is 4.79 Å². The van der Waals surface area contributed by atoms with Gasteiger partial charge < -0.3 is 0 Å². The van der Waals surface area contributed by atoms with Crippen molar-refractivity contribution < 1.29 is 4.79 Å². The average molecular weight is 290 g/mol. The predicted octanol–water partition coefficient (Wildman–Crippen LogP) is 4.20. The van der Waals surface area contributed by atoms with Gasteiger partial charge in [0.05, 0.1) is 5.69 Å². The monoisotopic (exact) mass is 290 g/mol. The van der Waals surface area contributed by atoms with Gasteiger partial charge in [-0.1, -0.05) is 60.2 Å². The van der Waals surface area contributed by atoms with Crippen molar-refractivity contribution in [1.29, 1.82) is 0 Å². The molecular formula is C19H18N2O. The van der Waals surface area contributed by atoms with Gasteiger partial charge in [0.25, 0.3) is 0 Å². The molecule has 3 aromatic rings. The van der Waals surface area contributed by atoms with E-state index in [1.807, 2.05) is 67.6 Å². The van der Waals surface area contributed by atoms with Gasteiger partial charge in [0.1, 0.15) is 0 Å². The van der Waals surface area contributed by atoms with E-state index in [0.29, 0.717) is 12.8 Å². The summed E-state index contributed by atoms with van der Waals surface area (Å²) in [6.45, 7) is 2.02. The normalized spacial score (nSPS) is 10.6. The molecule has 3 rings (SSSR count). The van der Waals surface area contributed by atoms with E-state index >= 15 is 0 Å². The molecule has 3 nitrogen and oxygen atoms in total. The molecule has 0 radical (unpaired) electrons. The number of nitrogens with one attached hydrogen (secondary N) is 1. The third kappa shape index (κ3) is 3.31. The van der Waals surface area contributed by atoms with E-state index < -0.39 is 0 Å². The van der Waals surface area contributed by atoms with Gasteiger partial charge in [0.2, 0.25) is 0 Å². The second kappa shape index (κ2) is 6.39. The Balaban J connectivity index is 1.64. The number of H-pyrrole nitrogens is 1. The van der Waals surface area contributed by atoms with Crippen LogP contribution in [0.15, 0.2) is 60.7 Å². The molecule has 0 fully saturated rings. The molecule has 110 valence electrons. The molecule has 1 heterocycles. The van der Waals surface area contributed by atoms with Gasteiger partial charge in [-0.3, -0.25) is 9.89 Å². The molecule has 2 aromatic carbocycles. The molecule has 0 aliphatic heterocycles. The van der Waals surface area contributed by atoms with Crippen LogP contribution in [0.1, 0.15) is 28.0 Å². The summed E-state index contributed by atoms with van der Waals surface area (Å²) in [4.78, 5) is 12.2. The van der Waals surface area contributed by atoms with Gasteiger partial charge in [0, 0.05) is 23.2 Å². The number of benzene rings is 2. The lowest BCUT2D eigenvalue weighted by atomic mass is 10.0. The number of aromatic nitrogens is 2. The number of hydrogen-bond acceptors (Lipinski definition) is 2. The minimum Gasteiger partial charge on any atom is -0.294 e. The van der Waals surface area contributed by atoms with E-state index in [1.165, 1.54) is 0 Å². The van der Waals surface area contributed by atoms with Crippen molar-refractivity contribution in [3.05, 3.63) is 77.5 Å². The van der Waals surface area contributed by atoms with Crippen LogP contribution in [0.4, 0.5) is 0 Å². The highest BCUT2D eigenvalue weighted by Crippen LogP contribution is 2.18. The Hall–Kier alpha value is -2.68. The van der Waals surface area contributed by atoms with Crippen LogP contribution in [0.25, 0.3) is 11.3 Å². The molecule has 1 N–H and O–H groups in total. The van der Waals surface area contributed by atoms with Crippen LogP contribution in [0.5, 0.6) is 0 Å². The molecule has 0 spiro atoms. The second-order valence-electron chi connectivity index (χ2n) is 5.43. The Morgan fingerprint density at radius 2 is 1.77 bits per heavy atom. The molecule has 0 aliphatic rings. The van der Waals surface area contributed by atoms with Crippen LogP contribution in [0.2, 0.25) is 0 Å². The number of Topliss-reactive ketones (excluding diaryl/α,β-unsaturated/α-hetero) is 1. The van der Waals surface area contributed by atoms with E-state index in [4.69, 9.17) is 0 Å². The lowest BCUT2D eigenvalue weighted by Crippen LogP contribution is -2.01. The Kier molecular flexibility index (Phi) is 4.15. The summed E-state index contributed by atoms with van der Waals surface area (Å²) in [5.41, 5.74) is 4.92. The molecule has 0 bridgehead atoms. The van der Waals surface area contributed by atoms with Crippen LogP contribution >= 0.6 is 0 Å². The van der Waals surface area contributed by atoms with Crippen molar-refractivity contribution in [2.24, 2.45) is 0 Å². The minimum absolute atomic E-state index is 0.163. The molecule has 0 aliphatic carbocycles. The lowest BCUT2D eigenvalue weighted by molar-refractivity contribution is 0.0982. The maximum absolute atomic E-state index is 12.2. The zero-order valence-corrected chi connectivity index (χ0v) is 12.5. The van der Waals surface area contributed by atoms with Crippen molar-refractivity contribution in [3.8, 4) is 11.3 Å². The van der Waals surface area contributed by atoms with Crippen LogP contribution in [0, 0.1) is 6.92 Å². The Morgan fingerprint density at radius 1 is 1.05 bits per heavy atom. The van der Waals surface area contributed by atoms with Crippen LogP contribution in [0.3, 0.4) is 0 Å². The van der Waals surface area contributed by atoms with Gasteiger partial charge in [0.15, 0.2) is 5.78 Å². The summed E-state index contributed by atoms with van der Waals surface area (Å²) in [5.74, 6) is 0.163. The fourth-order valence-corrected chi connectivity index (χ4v) is 2.38. The maximum Gasteiger partial charge on any atom is 0.163 e. The first-order valence-corrected chi connectivity index (χ1v) is 7.42. The van der Waals surface area contributed by atoms with E-state index in [1.54, 1.807) is 0 Å². The third-order valence-corrected chi connectivity index (χ3v) is 3.70. The first-order chi connectivity index (χ1) is 10.7. The van der Waals surface area contributed by atoms with Crippen LogP contribution in [-0.4, -0.2) is 16.0 Å². The van der Waals surface area contributed by atoms with Gasteiger partial charge in [-0.05, 0) is 19.4 Å². The molecular weight excluding hydrogens is 272 g/mol. The van der Waals surface area contributed by atoms with Crippen molar-refractivity contribution >= 4 is 5.78 Å². The largest absolute Gasteiger partial charge is 0.294 e. The summed E-state index contributed by atoms with van der Waals surface area (Å²) in [6.07, 6.45) is 1.16. The molecule has 0 atom stereocenters. The van der Waals surface area contributed by atoms with E-state index in [0.717, 1.165) is 28.1 Å². The molecule has 0 saturated heterocycles. The van der Waals surface area contributed by atoms with E-state index in [-0.39, 0.29) is 5.78 Å². The predicted molar refractivity (Wildman–Crippen MR) is 87.9 cm³/mol.